The molecular weight excluding hydrogens is 258 g/mol. The standard InChI is InChI=1S/C14H19N3O3/c1-8-5-10(13(15)18)6-12(17-8)16-7-9-3-2-4-11(9)14(19)20/h5-6,9,11H,2-4,7H2,1H3,(H2,15,18)(H,16,17)(H,19,20). The number of aromatic nitrogens is 1. The van der Waals surface area contributed by atoms with Crippen molar-refractivity contribution in [3.8, 4) is 0 Å². The number of nitrogens with two attached hydrogens (primary N) is 1. The highest BCUT2D eigenvalue weighted by molar-refractivity contribution is 5.93. The Morgan fingerprint density at radius 2 is 2.20 bits per heavy atom. The number of hydrogen-bond acceptors (Lipinski definition) is 4. The fraction of sp³-hybridized carbons (Fsp3) is 0.500. The number of hydrogen-bond donors (Lipinski definition) is 3. The van der Waals surface area contributed by atoms with Crippen molar-refractivity contribution < 1.29 is 14.7 Å². The molecule has 2 rings (SSSR count). The largest absolute Gasteiger partial charge is 0.481 e. The van der Waals surface area contributed by atoms with Gasteiger partial charge >= 0.3 is 5.97 Å². The Balaban J connectivity index is 2.03. The topological polar surface area (TPSA) is 105 Å². The van der Waals surface area contributed by atoms with Crippen LogP contribution >= 0.6 is 0 Å². The second-order valence-corrected chi connectivity index (χ2v) is 5.26. The van der Waals surface area contributed by atoms with Gasteiger partial charge in [0.1, 0.15) is 5.82 Å². The summed E-state index contributed by atoms with van der Waals surface area (Å²) in [6, 6.07) is 3.23. The van der Waals surface area contributed by atoms with E-state index in [-0.39, 0.29) is 11.8 Å². The SMILES string of the molecule is Cc1cc(C(N)=O)cc(NCC2CCCC2C(=O)O)n1. The molecule has 0 saturated heterocycles. The molecule has 1 saturated carbocycles. The van der Waals surface area contributed by atoms with Gasteiger partial charge < -0.3 is 16.2 Å². The van der Waals surface area contributed by atoms with E-state index >= 15 is 0 Å². The number of carbonyl (C=O) groups excluding carboxylic acids is 1. The number of primary amides is 1. The Kier molecular flexibility index (Phi) is 4.22. The van der Waals surface area contributed by atoms with Crippen LogP contribution in [0.4, 0.5) is 5.82 Å². The van der Waals surface area contributed by atoms with Crippen molar-refractivity contribution in [3.63, 3.8) is 0 Å². The third kappa shape index (κ3) is 3.26. The molecule has 2 unspecified atom stereocenters. The molecule has 2 atom stereocenters. The highest BCUT2D eigenvalue weighted by Crippen LogP contribution is 2.32. The summed E-state index contributed by atoms with van der Waals surface area (Å²) in [6.07, 6.45) is 2.57. The van der Waals surface area contributed by atoms with E-state index < -0.39 is 11.9 Å². The maximum Gasteiger partial charge on any atom is 0.306 e. The van der Waals surface area contributed by atoms with Crippen LogP contribution in [-0.2, 0) is 4.79 Å². The molecule has 1 heterocycles. The van der Waals surface area contributed by atoms with Crippen LogP contribution in [0.2, 0.25) is 0 Å². The number of amides is 1. The Morgan fingerprint density at radius 1 is 1.45 bits per heavy atom. The second kappa shape index (κ2) is 5.90. The van der Waals surface area contributed by atoms with Gasteiger partial charge in [-0.2, -0.15) is 0 Å². The van der Waals surface area contributed by atoms with E-state index in [2.05, 4.69) is 10.3 Å². The van der Waals surface area contributed by atoms with Crippen molar-refractivity contribution in [1.29, 1.82) is 0 Å². The molecular formula is C14H19N3O3. The first-order valence-electron chi connectivity index (χ1n) is 6.72. The molecule has 6 heteroatoms. The lowest BCUT2D eigenvalue weighted by atomic mass is 9.96. The summed E-state index contributed by atoms with van der Waals surface area (Å²) in [5, 5.41) is 12.3. The molecule has 6 nitrogen and oxygen atoms in total. The second-order valence-electron chi connectivity index (χ2n) is 5.26. The van der Waals surface area contributed by atoms with Gasteiger partial charge in [0.15, 0.2) is 0 Å². The normalized spacial score (nSPS) is 21.6. The van der Waals surface area contributed by atoms with Crippen LogP contribution in [0, 0.1) is 18.8 Å². The van der Waals surface area contributed by atoms with Gasteiger partial charge in [0.25, 0.3) is 0 Å². The minimum atomic E-state index is -0.732. The highest BCUT2D eigenvalue weighted by atomic mass is 16.4. The summed E-state index contributed by atoms with van der Waals surface area (Å²) in [6.45, 7) is 2.33. The molecule has 108 valence electrons. The zero-order chi connectivity index (χ0) is 14.7. The molecule has 1 amide bonds. The van der Waals surface area contributed by atoms with Crippen LogP contribution in [0.1, 0.15) is 35.3 Å². The number of anilines is 1. The zero-order valence-corrected chi connectivity index (χ0v) is 11.4. The molecule has 4 N–H and O–H groups in total. The summed E-state index contributed by atoms with van der Waals surface area (Å²) >= 11 is 0. The predicted molar refractivity (Wildman–Crippen MR) is 74.4 cm³/mol. The molecule has 0 spiro atoms. The monoisotopic (exact) mass is 277 g/mol. The number of nitrogens with zero attached hydrogens (tertiary/aromatic N) is 1. The van der Waals surface area contributed by atoms with Crippen molar-refractivity contribution in [3.05, 3.63) is 23.4 Å². The van der Waals surface area contributed by atoms with Crippen molar-refractivity contribution in [1.82, 2.24) is 4.98 Å². The Bertz CT molecular complexity index is 530. The third-order valence-electron chi connectivity index (χ3n) is 3.76. The lowest BCUT2D eigenvalue weighted by molar-refractivity contribution is -0.142. The predicted octanol–water partition coefficient (Wildman–Crippen LogP) is 1.40. The number of carboxylic acid groups (broad SMARTS) is 1. The van der Waals surface area contributed by atoms with Gasteiger partial charge in [-0.1, -0.05) is 6.42 Å². The number of aryl methyl sites for hydroxylation is 1. The van der Waals surface area contributed by atoms with Gasteiger partial charge in [0.2, 0.25) is 5.91 Å². The summed E-state index contributed by atoms with van der Waals surface area (Å²) in [7, 11) is 0. The van der Waals surface area contributed by atoms with E-state index in [0.717, 1.165) is 19.3 Å². The highest BCUT2D eigenvalue weighted by Gasteiger charge is 2.32. The fourth-order valence-electron chi connectivity index (χ4n) is 2.74. The molecule has 0 aliphatic heterocycles. The number of carbonyl (C=O) groups is 2. The van der Waals surface area contributed by atoms with Gasteiger partial charge in [0, 0.05) is 17.8 Å². The van der Waals surface area contributed by atoms with Crippen LogP contribution in [0.5, 0.6) is 0 Å². The first-order chi connectivity index (χ1) is 9.47. The minimum absolute atomic E-state index is 0.104. The summed E-state index contributed by atoms with van der Waals surface area (Å²) in [5.41, 5.74) is 6.36. The zero-order valence-electron chi connectivity index (χ0n) is 11.4. The van der Waals surface area contributed by atoms with Crippen LogP contribution in [-0.4, -0.2) is 28.5 Å². The van der Waals surface area contributed by atoms with E-state index in [1.807, 2.05) is 0 Å². The van der Waals surface area contributed by atoms with Gasteiger partial charge in [-0.15, -0.1) is 0 Å². The van der Waals surface area contributed by atoms with E-state index in [1.165, 1.54) is 0 Å². The van der Waals surface area contributed by atoms with E-state index in [0.29, 0.717) is 23.6 Å². The number of nitrogens with one attached hydrogen (secondary N) is 1. The lowest BCUT2D eigenvalue weighted by Crippen LogP contribution is -2.25. The Hall–Kier alpha value is -2.11. The average Bonchev–Trinajstić information content (AvgIpc) is 2.84. The van der Waals surface area contributed by atoms with Gasteiger partial charge in [-0.3, -0.25) is 9.59 Å². The van der Waals surface area contributed by atoms with Crippen molar-refractivity contribution in [2.45, 2.75) is 26.2 Å². The maximum atomic E-state index is 11.2. The van der Waals surface area contributed by atoms with Crippen molar-refractivity contribution >= 4 is 17.7 Å². The average molecular weight is 277 g/mol. The van der Waals surface area contributed by atoms with Gasteiger partial charge in [0.05, 0.1) is 5.92 Å². The van der Waals surface area contributed by atoms with Gasteiger partial charge in [-0.25, -0.2) is 4.98 Å². The van der Waals surface area contributed by atoms with Gasteiger partial charge in [-0.05, 0) is 37.8 Å². The number of pyridine rings is 1. The van der Waals surface area contributed by atoms with Crippen molar-refractivity contribution in [2.75, 3.05) is 11.9 Å². The van der Waals surface area contributed by atoms with Crippen molar-refractivity contribution in [2.24, 2.45) is 17.6 Å². The van der Waals surface area contributed by atoms with Crippen LogP contribution in [0.3, 0.4) is 0 Å². The third-order valence-corrected chi connectivity index (χ3v) is 3.76. The lowest BCUT2D eigenvalue weighted by Gasteiger charge is -2.17. The molecule has 20 heavy (non-hydrogen) atoms. The Morgan fingerprint density at radius 3 is 2.85 bits per heavy atom. The van der Waals surface area contributed by atoms with Crippen LogP contribution in [0.15, 0.2) is 12.1 Å². The first-order valence-corrected chi connectivity index (χ1v) is 6.72. The molecule has 1 aromatic heterocycles. The minimum Gasteiger partial charge on any atom is -0.481 e. The molecule has 0 bridgehead atoms. The Labute approximate surface area is 117 Å². The van der Waals surface area contributed by atoms with E-state index in [1.54, 1.807) is 19.1 Å². The quantitative estimate of drug-likeness (QED) is 0.754. The summed E-state index contributed by atoms with van der Waals surface area (Å²) < 4.78 is 0. The molecule has 1 aliphatic rings. The van der Waals surface area contributed by atoms with E-state index in [9.17, 15) is 9.59 Å². The van der Waals surface area contributed by atoms with Crippen LogP contribution < -0.4 is 11.1 Å². The molecule has 1 aliphatic carbocycles. The molecule has 0 radical (unpaired) electrons. The molecule has 1 fully saturated rings. The van der Waals surface area contributed by atoms with E-state index in [4.69, 9.17) is 10.8 Å². The molecule has 1 aromatic rings. The number of aliphatic carboxylic acids is 1. The van der Waals surface area contributed by atoms with Crippen LogP contribution in [0.25, 0.3) is 0 Å². The summed E-state index contributed by atoms with van der Waals surface area (Å²) in [5.74, 6) is -0.850. The summed E-state index contributed by atoms with van der Waals surface area (Å²) in [4.78, 5) is 26.6. The fourth-order valence-corrected chi connectivity index (χ4v) is 2.74. The maximum absolute atomic E-state index is 11.2. The number of rotatable bonds is 5. The number of carboxylic acids is 1. The smallest absolute Gasteiger partial charge is 0.306 e. The molecule has 0 aromatic carbocycles. The first kappa shape index (κ1) is 14.3.